The van der Waals surface area contributed by atoms with Crippen molar-refractivity contribution in [3.63, 3.8) is 0 Å². The molecule has 0 saturated carbocycles. The standard InChI is InChI=1S/C24H18N4O8S2.O3S/c25-22-12-6-17-13-20(37(31,32)33)10-11-21(17)24(22)27-26-18-7-2-15(3-8-18)1-4-16-5-9-19(28(29)30)14-23(16)38(34,35)36;1-4(2)3/h1-14H,25H2,(H,31,32,33)(H,34,35,36);/b4-1+,27-26?;. The molecule has 4 rings (SSSR count). The van der Waals surface area contributed by atoms with Crippen LogP contribution in [0, 0.1) is 10.1 Å². The third-order valence-electron chi connectivity index (χ3n) is 5.39. The summed E-state index contributed by atoms with van der Waals surface area (Å²) in [5.74, 6) is 0. The van der Waals surface area contributed by atoms with Crippen LogP contribution in [0.4, 0.5) is 22.7 Å². The third kappa shape index (κ3) is 8.32. The molecule has 0 atom stereocenters. The molecule has 15 nitrogen and oxygen atoms in total. The highest BCUT2D eigenvalue weighted by atomic mass is 32.2. The van der Waals surface area contributed by atoms with Gasteiger partial charge in [-0.3, -0.25) is 19.2 Å². The Morgan fingerprint density at radius 1 is 0.810 bits per heavy atom. The maximum Gasteiger partial charge on any atom is 0.425 e. The second-order valence-corrected chi connectivity index (χ2v) is 11.4. The molecular weight excluding hydrogens is 616 g/mol. The lowest BCUT2D eigenvalue weighted by atomic mass is 10.1. The molecule has 0 heterocycles. The fourth-order valence-electron chi connectivity index (χ4n) is 3.52. The molecule has 0 spiro atoms. The van der Waals surface area contributed by atoms with Crippen molar-refractivity contribution in [1.29, 1.82) is 0 Å². The zero-order chi connectivity index (χ0) is 31.2. The van der Waals surface area contributed by atoms with Gasteiger partial charge in [0.1, 0.15) is 10.6 Å². The van der Waals surface area contributed by atoms with E-state index in [1.165, 1.54) is 36.4 Å². The molecule has 18 heteroatoms. The summed E-state index contributed by atoms with van der Waals surface area (Å²) in [6, 6.07) is 16.8. The number of nitro benzene ring substituents is 1. The summed E-state index contributed by atoms with van der Waals surface area (Å²) in [7, 11) is -12.2. The number of nitrogens with two attached hydrogens (primary N) is 1. The van der Waals surface area contributed by atoms with Crippen molar-refractivity contribution in [2.75, 3.05) is 5.73 Å². The summed E-state index contributed by atoms with van der Waals surface area (Å²) in [6.45, 7) is 0. The first-order chi connectivity index (χ1) is 19.6. The molecule has 0 aromatic heterocycles. The molecule has 42 heavy (non-hydrogen) atoms. The number of hydrogen-bond donors (Lipinski definition) is 3. The van der Waals surface area contributed by atoms with Crippen LogP contribution in [0.5, 0.6) is 0 Å². The van der Waals surface area contributed by atoms with Crippen LogP contribution < -0.4 is 5.73 Å². The zero-order valence-electron chi connectivity index (χ0n) is 20.8. The van der Waals surface area contributed by atoms with Gasteiger partial charge in [0.2, 0.25) is 0 Å². The number of non-ortho nitro benzene ring substituents is 1. The second-order valence-electron chi connectivity index (χ2n) is 8.14. The van der Waals surface area contributed by atoms with Gasteiger partial charge in [-0.25, -0.2) is 0 Å². The molecule has 0 aliphatic rings. The summed E-state index contributed by atoms with van der Waals surface area (Å²) < 4.78 is 90.2. The molecule has 0 unspecified atom stereocenters. The topological polar surface area (TPSA) is 254 Å². The van der Waals surface area contributed by atoms with E-state index in [9.17, 15) is 36.1 Å². The van der Waals surface area contributed by atoms with E-state index in [4.69, 9.17) is 18.4 Å². The van der Waals surface area contributed by atoms with Crippen molar-refractivity contribution in [3.05, 3.63) is 94.0 Å². The van der Waals surface area contributed by atoms with Gasteiger partial charge < -0.3 is 5.73 Å². The first-order valence-electron chi connectivity index (χ1n) is 11.1. The minimum absolute atomic E-state index is 0.0606. The van der Waals surface area contributed by atoms with Crippen LogP contribution in [0.25, 0.3) is 22.9 Å². The first kappa shape index (κ1) is 31.6. The maximum atomic E-state index is 11.7. The van der Waals surface area contributed by atoms with E-state index in [0.29, 0.717) is 33.4 Å². The Morgan fingerprint density at radius 2 is 1.45 bits per heavy atom. The number of nitrogens with zero attached hydrogens (tertiary/aromatic N) is 3. The van der Waals surface area contributed by atoms with Crippen LogP contribution in [0.15, 0.2) is 92.8 Å². The summed E-state index contributed by atoms with van der Waals surface area (Å²) in [4.78, 5) is 9.31. The maximum absolute atomic E-state index is 11.7. The van der Waals surface area contributed by atoms with Gasteiger partial charge in [0, 0.05) is 17.5 Å². The van der Waals surface area contributed by atoms with E-state index in [2.05, 4.69) is 10.2 Å². The van der Waals surface area contributed by atoms with Gasteiger partial charge >= 0.3 is 10.6 Å². The van der Waals surface area contributed by atoms with Crippen LogP contribution in [0.3, 0.4) is 0 Å². The fourth-order valence-corrected chi connectivity index (χ4v) is 4.74. The van der Waals surface area contributed by atoms with E-state index in [1.807, 2.05) is 0 Å². The third-order valence-corrected chi connectivity index (χ3v) is 7.15. The first-order valence-corrected chi connectivity index (χ1v) is 15.0. The SMILES string of the molecule is Nc1ccc2cc(S(=O)(=O)O)ccc2c1N=Nc1ccc(/C=C/c2ccc([N+](=O)[O-])cc2S(=O)(=O)O)cc1.O=S(=O)=O. The quantitative estimate of drug-likeness (QED) is 0.0638. The number of nitro groups is 1. The number of hydrogen-bond acceptors (Lipinski definition) is 12. The van der Waals surface area contributed by atoms with Crippen molar-refractivity contribution in [3.8, 4) is 0 Å². The van der Waals surface area contributed by atoms with Crippen molar-refractivity contribution >= 4 is 76.5 Å². The second kappa shape index (κ2) is 12.7. The minimum Gasteiger partial charge on any atom is -0.397 e. The van der Waals surface area contributed by atoms with Crippen LogP contribution in [0.2, 0.25) is 0 Å². The van der Waals surface area contributed by atoms with Gasteiger partial charge in [0.25, 0.3) is 25.9 Å². The van der Waals surface area contributed by atoms with Crippen molar-refractivity contribution < 1.29 is 43.5 Å². The average molecular weight is 635 g/mol. The predicted octanol–water partition coefficient (Wildman–Crippen LogP) is 4.41. The monoisotopic (exact) mass is 634 g/mol. The molecule has 0 aliphatic heterocycles. The molecule has 0 saturated heterocycles. The summed E-state index contributed by atoms with van der Waals surface area (Å²) >= 11 is 0. The largest absolute Gasteiger partial charge is 0.425 e. The Bertz CT molecular complexity index is 2070. The number of benzene rings is 4. The van der Waals surface area contributed by atoms with Crippen LogP contribution in [-0.4, -0.2) is 43.5 Å². The Labute approximate surface area is 239 Å². The lowest BCUT2D eigenvalue weighted by Gasteiger charge is -2.06. The fraction of sp³-hybridized carbons (Fsp3) is 0. The van der Waals surface area contributed by atoms with E-state index >= 15 is 0 Å². The lowest BCUT2D eigenvalue weighted by molar-refractivity contribution is -0.385. The molecule has 4 aromatic carbocycles. The lowest BCUT2D eigenvalue weighted by Crippen LogP contribution is -2.02. The van der Waals surface area contributed by atoms with E-state index in [1.54, 1.807) is 36.4 Å². The van der Waals surface area contributed by atoms with Gasteiger partial charge in [-0.1, -0.05) is 36.4 Å². The van der Waals surface area contributed by atoms with E-state index < -0.39 is 46.4 Å². The number of anilines is 1. The van der Waals surface area contributed by atoms with Crippen LogP contribution in [0.1, 0.15) is 11.1 Å². The number of fused-ring (bicyclic) bond motifs is 1. The highest BCUT2D eigenvalue weighted by Gasteiger charge is 2.19. The smallest absolute Gasteiger partial charge is 0.397 e. The van der Waals surface area contributed by atoms with Gasteiger partial charge in [0.15, 0.2) is 0 Å². The highest BCUT2D eigenvalue weighted by molar-refractivity contribution is 7.86. The number of nitrogen functional groups attached to an aromatic ring is 1. The summed E-state index contributed by atoms with van der Waals surface area (Å²) in [5, 5.41) is 20.3. The Morgan fingerprint density at radius 3 is 2.02 bits per heavy atom. The summed E-state index contributed by atoms with van der Waals surface area (Å²) in [5.41, 5.74) is 7.31. The van der Waals surface area contributed by atoms with Gasteiger partial charge in [-0.2, -0.15) is 21.9 Å². The molecule has 218 valence electrons. The molecule has 4 aromatic rings. The predicted molar refractivity (Wildman–Crippen MR) is 150 cm³/mol. The van der Waals surface area contributed by atoms with Gasteiger partial charge in [-0.15, -0.1) is 17.7 Å². The van der Waals surface area contributed by atoms with Crippen molar-refractivity contribution in [1.82, 2.24) is 0 Å². The molecule has 0 radical (unpaired) electrons. The average Bonchev–Trinajstić information content (AvgIpc) is 2.90. The number of azo groups is 1. The molecule has 4 N–H and O–H groups in total. The molecule has 0 amide bonds. The highest BCUT2D eigenvalue weighted by Crippen LogP contribution is 2.34. The van der Waals surface area contributed by atoms with Crippen molar-refractivity contribution in [2.24, 2.45) is 10.2 Å². The Kier molecular flexibility index (Phi) is 9.60. The Balaban J connectivity index is 0.00000114. The van der Waals surface area contributed by atoms with Crippen molar-refractivity contribution in [2.45, 2.75) is 9.79 Å². The normalized spacial score (nSPS) is 11.9. The van der Waals surface area contributed by atoms with Crippen LogP contribution in [-0.2, 0) is 30.8 Å². The molecule has 0 fully saturated rings. The molecule has 0 bridgehead atoms. The Hall–Kier alpha value is -4.88. The van der Waals surface area contributed by atoms with E-state index in [-0.39, 0.29) is 10.5 Å². The van der Waals surface area contributed by atoms with E-state index in [0.717, 1.165) is 12.1 Å². The van der Waals surface area contributed by atoms with Crippen LogP contribution >= 0.6 is 0 Å². The zero-order valence-corrected chi connectivity index (χ0v) is 23.2. The molecular formula is C24H18N4O11S3. The summed E-state index contributed by atoms with van der Waals surface area (Å²) in [6.07, 6.45) is 2.94. The van der Waals surface area contributed by atoms with Gasteiger partial charge in [-0.05, 0) is 52.9 Å². The number of rotatable bonds is 7. The minimum atomic E-state index is -4.70. The molecule has 0 aliphatic carbocycles. The van der Waals surface area contributed by atoms with Gasteiger partial charge in [0.05, 0.1) is 21.2 Å².